The van der Waals surface area contributed by atoms with Crippen molar-refractivity contribution in [2.75, 3.05) is 32.8 Å². The summed E-state index contributed by atoms with van der Waals surface area (Å²) in [5.74, 6) is 1.18. The molecular weight excluding hydrogens is 260 g/mol. The first-order valence-electron chi connectivity index (χ1n) is 6.94. The van der Waals surface area contributed by atoms with Gasteiger partial charge < -0.3 is 9.47 Å². The smallest absolute Gasteiger partial charge is 0.0487 e. The van der Waals surface area contributed by atoms with E-state index in [1.165, 1.54) is 11.1 Å². The minimum absolute atomic E-state index is 0.492. The maximum atomic E-state index is 6.04. The Morgan fingerprint density at radius 3 is 2.74 bits per heavy atom. The summed E-state index contributed by atoms with van der Waals surface area (Å²) in [4.78, 5) is 0. The molecule has 0 bridgehead atoms. The van der Waals surface area contributed by atoms with E-state index in [9.17, 15) is 0 Å². The number of benzene rings is 1. The van der Waals surface area contributed by atoms with Gasteiger partial charge in [0.15, 0.2) is 0 Å². The van der Waals surface area contributed by atoms with Gasteiger partial charge in [0.2, 0.25) is 0 Å². The maximum Gasteiger partial charge on any atom is 0.0487 e. The number of hydrogen-bond donors (Lipinski definition) is 0. The zero-order chi connectivity index (χ0) is 13.9. The first-order chi connectivity index (χ1) is 9.26. The summed E-state index contributed by atoms with van der Waals surface area (Å²) in [7, 11) is 1.71. The molecule has 1 aromatic carbocycles. The van der Waals surface area contributed by atoms with Crippen molar-refractivity contribution in [1.82, 2.24) is 0 Å². The van der Waals surface area contributed by atoms with Crippen molar-refractivity contribution in [2.24, 2.45) is 5.92 Å². The Morgan fingerprint density at radius 2 is 2.05 bits per heavy atom. The SMILES string of the molecule is COCCCOCCC(CCl)Cc1cccc(C)c1. The zero-order valence-corrected chi connectivity index (χ0v) is 12.8. The molecule has 0 saturated heterocycles. The standard InChI is InChI=1S/C16H25ClO2/c1-14-5-3-6-15(11-14)12-16(13-17)7-10-19-9-4-8-18-2/h3,5-6,11,16H,4,7-10,12-13H2,1-2H3. The number of rotatable bonds is 10. The average Bonchev–Trinajstić information content (AvgIpc) is 2.41. The molecule has 0 radical (unpaired) electrons. The number of aryl methyl sites for hydroxylation is 1. The molecular formula is C16H25ClO2. The topological polar surface area (TPSA) is 18.5 Å². The summed E-state index contributed by atoms with van der Waals surface area (Å²) in [6.07, 6.45) is 3.01. The van der Waals surface area contributed by atoms with Gasteiger partial charge >= 0.3 is 0 Å². The minimum atomic E-state index is 0.492. The fourth-order valence-corrected chi connectivity index (χ4v) is 2.33. The number of methoxy groups -OCH3 is 1. The number of alkyl halides is 1. The highest BCUT2D eigenvalue weighted by molar-refractivity contribution is 6.18. The van der Waals surface area contributed by atoms with Gasteiger partial charge in [-0.25, -0.2) is 0 Å². The Morgan fingerprint density at radius 1 is 1.21 bits per heavy atom. The van der Waals surface area contributed by atoms with E-state index in [1.54, 1.807) is 7.11 Å². The summed E-state index contributed by atoms with van der Waals surface area (Å²) < 4.78 is 10.6. The normalized spacial score (nSPS) is 12.6. The van der Waals surface area contributed by atoms with Crippen LogP contribution in [0.2, 0.25) is 0 Å². The third-order valence-electron chi connectivity index (χ3n) is 3.13. The Bertz CT molecular complexity index is 341. The van der Waals surface area contributed by atoms with Crippen LogP contribution in [0.15, 0.2) is 24.3 Å². The lowest BCUT2D eigenvalue weighted by Crippen LogP contribution is -2.11. The van der Waals surface area contributed by atoms with Crippen molar-refractivity contribution in [3.63, 3.8) is 0 Å². The van der Waals surface area contributed by atoms with Gasteiger partial charge in [-0.15, -0.1) is 11.6 Å². The lowest BCUT2D eigenvalue weighted by molar-refractivity contribution is 0.0951. The van der Waals surface area contributed by atoms with Crippen LogP contribution < -0.4 is 0 Å². The van der Waals surface area contributed by atoms with Gasteiger partial charge in [0.05, 0.1) is 0 Å². The van der Waals surface area contributed by atoms with Crippen LogP contribution in [0.25, 0.3) is 0 Å². The Hall–Kier alpha value is -0.570. The van der Waals surface area contributed by atoms with Crippen LogP contribution in [0.3, 0.4) is 0 Å². The largest absolute Gasteiger partial charge is 0.385 e. The van der Waals surface area contributed by atoms with Crippen LogP contribution >= 0.6 is 11.6 Å². The third kappa shape index (κ3) is 7.56. The van der Waals surface area contributed by atoms with Gasteiger partial charge in [0.1, 0.15) is 0 Å². The number of hydrogen-bond acceptors (Lipinski definition) is 2. The monoisotopic (exact) mass is 284 g/mol. The molecule has 0 heterocycles. The molecule has 1 aromatic rings. The van der Waals surface area contributed by atoms with Crippen LogP contribution in [-0.2, 0) is 15.9 Å². The van der Waals surface area contributed by atoms with E-state index in [4.69, 9.17) is 21.1 Å². The maximum absolute atomic E-state index is 6.04. The van der Waals surface area contributed by atoms with Crippen molar-refractivity contribution < 1.29 is 9.47 Å². The summed E-state index contributed by atoms with van der Waals surface area (Å²) in [5.41, 5.74) is 2.67. The molecule has 0 spiro atoms. The fraction of sp³-hybridized carbons (Fsp3) is 0.625. The third-order valence-corrected chi connectivity index (χ3v) is 3.57. The van der Waals surface area contributed by atoms with Crippen molar-refractivity contribution in [2.45, 2.75) is 26.2 Å². The quantitative estimate of drug-likeness (QED) is 0.480. The molecule has 1 unspecified atom stereocenters. The predicted octanol–water partition coefficient (Wildman–Crippen LogP) is 3.84. The molecule has 1 atom stereocenters. The summed E-state index contributed by atoms with van der Waals surface area (Å²) >= 11 is 6.04. The molecule has 3 heteroatoms. The first kappa shape index (κ1) is 16.5. The van der Waals surface area contributed by atoms with E-state index in [1.807, 2.05) is 0 Å². The van der Waals surface area contributed by atoms with E-state index in [0.29, 0.717) is 11.8 Å². The van der Waals surface area contributed by atoms with Crippen molar-refractivity contribution in [3.8, 4) is 0 Å². The lowest BCUT2D eigenvalue weighted by Gasteiger charge is -2.14. The molecule has 0 aliphatic heterocycles. The number of halogens is 1. The van der Waals surface area contributed by atoms with Crippen molar-refractivity contribution >= 4 is 11.6 Å². The van der Waals surface area contributed by atoms with E-state index in [-0.39, 0.29) is 0 Å². The van der Waals surface area contributed by atoms with Crippen LogP contribution in [-0.4, -0.2) is 32.8 Å². The van der Waals surface area contributed by atoms with Crippen LogP contribution in [0, 0.1) is 12.8 Å². The fourth-order valence-electron chi connectivity index (χ4n) is 2.06. The Balaban J connectivity index is 2.22. The molecule has 0 aliphatic rings. The van der Waals surface area contributed by atoms with Crippen molar-refractivity contribution in [1.29, 1.82) is 0 Å². The number of ether oxygens (including phenoxy) is 2. The van der Waals surface area contributed by atoms with Gasteiger partial charge in [-0.3, -0.25) is 0 Å². The van der Waals surface area contributed by atoms with Gasteiger partial charge in [0, 0.05) is 32.8 Å². The minimum Gasteiger partial charge on any atom is -0.385 e. The van der Waals surface area contributed by atoms with Crippen LogP contribution in [0.1, 0.15) is 24.0 Å². The van der Waals surface area contributed by atoms with E-state index >= 15 is 0 Å². The predicted molar refractivity (Wildman–Crippen MR) is 81.0 cm³/mol. The second-order valence-electron chi connectivity index (χ2n) is 4.96. The summed E-state index contributed by atoms with van der Waals surface area (Å²) in [6.45, 7) is 4.44. The highest BCUT2D eigenvalue weighted by atomic mass is 35.5. The van der Waals surface area contributed by atoms with Crippen LogP contribution in [0.4, 0.5) is 0 Å². The van der Waals surface area contributed by atoms with E-state index < -0.39 is 0 Å². The summed E-state index contributed by atoms with van der Waals surface area (Å²) in [5, 5.41) is 0. The molecule has 0 aliphatic carbocycles. The van der Waals surface area contributed by atoms with Gasteiger partial charge in [-0.1, -0.05) is 29.8 Å². The molecule has 0 N–H and O–H groups in total. The van der Waals surface area contributed by atoms with Crippen LogP contribution in [0.5, 0.6) is 0 Å². The molecule has 0 aromatic heterocycles. The van der Waals surface area contributed by atoms with E-state index in [0.717, 1.165) is 39.1 Å². The lowest BCUT2D eigenvalue weighted by atomic mass is 9.97. The molecule has 0 fully saturated rings. The average molecular weight is 285 g/mol. The second-order valence-corrected chi connectivity index (χ2v) is 5.27. The molecule has 0 saturated carbocycles. The Kier molecular flexibility index (Phi) is 8.89. The molecule has 2 nitrogen and oxygen atoms in total. The highest BCUT2D eigenvalue weighted by Crippen LogP contribution is 2.15. The molecule has 0 amide bonds. The van der Waals surface area contributed by atoms with Gasteiger partial charge in [0.25, 0.3) is 0 Å². The van der Waals surface area contributed by atoms with Crippen molar-refractivity contribution in [3.05, 3.63) is 35.4 Å². The first-order valence-corrected chi connectivity index (χ1v) is 7.48. The van der Waals surface area contributed by atoms with Gasteiger partial charge in [-0.2, -0.15) is 0 Å². The Labute approximate surface area is 122 Å². The molecule has 19 heavy (non-hydrogen) atoms. The van der Waals surface area contributed by atoms with E-state index in [2.05, 4.69) is 31.2 Å². The highest BCUT2D eigenvalue weighted by Gasteiger charge is 2.08. The molecule has 1 rings (SSSR count). The second kappa shape index (κ2) is 10.2. The zero-order valence-electron chi connectivity index (χ0n) is 12.0. The van der Waals surface area contributed by atoms with Gasteiger partial charge in [-0.05, 0) is 37.7 Å². The molecule has 108 valence electrons. The summed E-state index contributed by atoms with van der Waals surface area (Å²) in [6, 6.07) is 8.64.